The first kappa shape index (κ1) is 13.3. The molecule has 0 bridgehead atoms. The lowest BCUT2D eigenvalue weighted by molar-refractivity contribution is 0.0925. The van der Waals surface area contributed by atoms with E-state index >= 15 is 0 Å². The van der Waals surface area contributed by atoms with E-state index in [2.05, 4.69) is 22.9 Å². The van der Waals surface area contributed by atoms with E-state index < -0.39 is 0 Å². The van der Waals surface area contributed by atoms with Gasteiger partial charge in [-0.3, -0.25) is 4.79 Å². The lowest BCUT2D eigenvalue weighted by Gasteiger charge is -2.04. The van der Waals surface area contributed by atoms with Crippen LogP contribution in [0.1, 0.15) is 21.5 Å². The number of thiophene rings is 1. The van der Waals surface area contributed by atoms with Gasteiger partial charge in [-0.15, -0.1) is 11.3 Å². The highest BCUT2D eigenvalue weighted by molar-refractivity contribution is 9.10. The predicted octanol–water partition coefficient (Wildman–Crippen LogP) is 4.33. The molecule has 0 aliphatic heterocycles. The minimum Gasteiger partial charge on any atom is -0.485 e. The van der Waals surface area contributed by atoms with Gasteiger partial charge in [-0.1, -0.05) is 22.9 Å². The van der Waals surface area contributed by atoms with Crippen LogP contribution in [0.3, 0.4) is 0 Å². The monoisotopic (exact) mass is 324 g/mol. The van der Waals surface area contributed by atoms with Crippen LogP contribution in [0.25, 0.3) is 0 Å². The number of carbonyl (C=O) groups is 1. The highest BCUT2D eigenvalue weighted by Crippen LogP contribution is 2.19. The largest absolute Gasteiger partial charge is 0.485 e. The van der Waals surface area contributed by atoms with Crippen molar-refractivity contribution in [3.05, 3.63) is 50.6 Å². The van der Waals surface area contributed by atoms with Crippen molar-refractivity contribution >= 4 is 33.0 Å². The zero-order valence-corrected chi connectivity index (χ0v) is 12.4. The number of benzene rings is 1. The molecule has 2 nitrogen and oxygen atoms in total. The average Bonchev–Trinajstić information content (AvgIpc) is 2.86. The zero-order chi connectivity index (χ0) is 13.0. The fourth-order valence-electron chi connectivity index (χ4n) is 1.47. The van der Waals surface area contributed by atoms with Crippen molar-refractivity contribution in [2.24, 2.45) is 0 Å². The van der Waals surface area contributed by atoms with Gasteiger partial charge in [0.1, 0.15) is 5.75 Å². The summed E-state index contributed by atoms with van der Waals surface area (Å²) >= 11 is 4.89. The minimum atomic E-state index is 0.0302. The summed E-state index contributed by atoms with van der Waals surface area (Å²) in [6, 6.07) is 11.3. The van der Waals surface area contributed by atoms with E-state index in [9.17, 15) is 4.79 Å². The van der Waals surface area contributed by atoms with Gasteiger partial charge in [-0.2, -0.15) is 0 Å². The van der Waals surface area contributed by atoms with Crippen molar-refractivity contribution in [1.29, 1.82) is 0 Å². The van der Waals surface area contributed by atoms with Crippen molar-refractivity contribution in [1.82, 2.24) is 0 Å². The van der Waals surface area contributed by atoms with E-state index in [0.29, 0.717) is 5.75 Å². The maximum Gasteiger partial charge on any atom is 0.210 e. The molecule has 18 heavy (non-hydrogen) atoms. The second-order valence-corrected chi connectivity index (χ2v) is 5.87. The van der Waals surface area contributed by atoms with Gasteiger partial charge in [0.25, 0.3) is 0 Å². The van der Waals surface area contributed by atoms with Crippen molar-refractivity contribution in [3.63, 3.8) is 0 Å². The standard InChI is InChI=1S/C14H13BrO2S/c1-2-12-7-8-14(18-12)13(16)9-17-11-5-3-10(15)4-6-11/h3-8H,2,9H2,1H3. The van der Waals surface area contributed by atoms with Gasteiger partial charge in [0.15, 0.2) is 6.61 Å². The number of ether oxygens (including phenoxy) is 1. The van der Waals surface area contributed by atoms with E-state index in [1.165, 1.54) is 4.88 Å². The minimum absolute atomic E-state index is 0.0302. The first-order chi connectivity index (χ1) is 8.69. The normalized spacial score (nSPS) is 10.3. The van der Waals surface area contributed by atoms with E-state index in [1.54, 1.807) is 11.3 Å². The maximum absolute atomic E-state index is 11.9. The van der Waals surface area contributed by atoms with Gasteiger partial charge in [-0.05, 0) is 42.8 Å². The van der Waals surface area contributed by atoms with Crippen LogP contribution in [0, 0.1) is 0 Å². The van der Waals surface area contributed by atoms with Crippen LogP contribution < -0.4 is 4.74 Å². The van der Waals surface area contributed by atoms with Gasteiger partial charge < -0.3 is 4.74 Å². The molecule has 0 unspecified atom stereocenters. The van der Waals surface area contributed by atoms with E-state index in [4.69, 9.17) is 4.74 Å². The first-order valence-corrected chi connectivity index (χ1v) is 7.30. The summed E-state index contributed by atoms with van der Waals surface area (Å²) in [4.78, 5) is 13.9. The summed E-state index contributed by atoms with van der Waals surface area (Å²) in [5.41, 5.74) is 0. The molecule has 2 aromatic rings. The highest BCUT2D eigenvalue weighted by atomic mass is 79.9. The lowest BCUT2D eigenvalue weighted by atomic mass is 10.3. The number of aryl methyl sites for hydroxylation is 1. The molecule has 0 saturated heterocycles. The van der Waals surface area contributed by atoms with Crippen LogP contribution in [0.4, 0.5) is 0 Å². The number of ketones is 1. The van der Waals surface area contributed by atoms with Gasteiger partial charge in [0.2, 0.25) is 5.78 Å². The van der Waals surface area contributed by atoms with Gasteiger partial charge in [0.05, 0.1) is 4.88 Å². The van der Waals surface area contributed by atoms with Crippen molar-refractivity contribution in [2.45, 2.75) is 13.3 Å². The molecule has 0 saturated carbocycles. The van der Waals surface area contributed by atoms with Gasteiger partial charge in [0, 0.05) is 9.35 Å². The molecular weight excluding hydrogens is 312 g/mol. The Kier molecular flexibility index (Phi) is 4.55. The van der Waals surface area contributed by atoms with E-state index in [0.717, 1.165) is 15.8 Å². The third kappa shape index (κ3) is 3.43. The number of hydrogen-bond acceptors (Lipinski definition) is 3. The molecule has 0 fully saturated rings. The number of halogens is 1. The third-order valence-corrected chi connectivity index (χ3v) is 4.27. The Balaban J connectivity index is 1.93. The molecule has 2 rings (SSSR count). The summed E-state index contributed by atoms with van der Waals surface area (Å²) in [5.74, 6) is 0.737. The first-order valence-electron chi connectivity index (χ1n) is 5.69. The molecule has 0 N–H and O–H groups in total. The van der Waals surface area contributed by atoms with Crippen LogP contribution in [0.15, 0.2) is 40.9 Å². The Morgan fingerprint density at radius 3 is 2.56 bits per heavy atom. The molecule has 0 radical (unpaired) electrons. The Bertz CT molecular complexity index is 531. The molecule has 0 aliphatic carbocycles. The SMILES string of the molecule is CCc1ccc(C(=O)COc2ccc(Br)cc2)s1. The molecule has 0 aliphatic rings. The zero-order valence-electron chi connectivity index (χ0n) is 9.98. The number of rotatable bonds is 5. The highest BCUT2D eigenvalue weighted by Gasteiger charge is 2.09. The van der Waals surface area contributed by atoms with Crippen molar-refractivity contribution in [3.8, 4) is 5.75 Å². The quantitative estimate of drug-likeness (QED) is 0.765. The van der Waals surface area contributed by atoms with Gasteiger partial charge in [-0.25, -0.2) is 0 Å². The topological polar surface area (TPSA) is 26.3 Å². The summed E-state index contributed by atoms with van der Waals surface area (Å²) in [5, 5.41) is 0. The maximum atomic E-state index is 11.9. The van der Waals surface area contributed by atoms with Crippen LogP contribution >= 0.6 is 27.3 Å². The molecular formula is C14H13BrO2S. The fourth-order valence-corrected chi connectivity index (χ4v) is 2.60. The summed E-state index contributed by atoms with van der Waals surface area (Å²) in [6.45, 7) is 2.17. The Hall–Kier alpha value is -1.13. The molecule has 0 amide bonds. The summed E-state index contributed by atoms with van der Waals surface area (Å²) < 4.78 is 6.45. The third-order valence-electron chi connectivity index (χ3n) is 2.47. The number of carbonyl (C=O) groups excluding carboxylic acids is 1. The second-order valence-electron chi connectivity index (χ2n) is 3.79. The predicted molar refractivity (Wildman–Crippen MR) is 77.7 cm³/mol. The average molecular weight is 325 g/mol. The molecule has 0 spiro atoms. The van der Waals surface area contributed by atoms with Crippen LogP contribution in [-0.2, 0) is 6.42 Å². The van der Waals surface area contributed by atoms with Crippen molar-refractivity contribution in [2.75, 3.05) is 6.61 Å². The molecule has 4 heteroatoms. The Labute approximate surface area is 119 Å². The second kappa shape index (κ2) is 6.16. The summed E-state index contributed by atoms with van der Waals surface area (Å²) in [7, 11) is 0. The smallest absolute Gasteiger partial charge is 0.210 e. The van der Waals surface area contributed by atoms with Crippen molar-refractivity contribution < 1.29 is 9.53 Å². The van der Waals surface area contributed by atoms with E-state index in [-0.39, 0.29) is 12.4 Å². The number of Topliss-reactive ketones (excluding diaryl/α,β-unsaturated/α-hetero) is 1. The van der Waals surface area contributed by atoms with Crippen LogP contribution in [0.5, 0.6) is 5.75 Å². The van der Waals surface area contributed by atoms with E-state index in [1.807, 2.05) is 36.4 Å². The fraction of sp³-hybridized carbons (Fsp3) is 0.214. The molecule has 0 atom stereocenters. The molecule has 1 heterocycles. The van der Waals surface area contributed by atoms with Crippen LogP contribution in [0.2, 0.25) is 0 Å². The molecule has 94 valence electrons. The Morgan fingerprint density at radius 1 is 1.22 bits per heavy atom. The molecule has 1 aromatic heterocycles. The molecule has 1 aromatic carbocycles. The van der Waals surface area contributed by atoms with Crippen LogP contribution in [-0.4, -0.2) is 12.4 Å². The lowest BCUT2D eigenvalue weighted by Crippen LogP contribution is -2.09. The summed E-state index contributed by atoms with van der Waals surface area (Å²) in [6.07, 6.45) is 0.964. The van der Waals surface area contributed by atoms with Gasteiger partial charge >= 0.3 is 0 Å². The Morgan fingerprint density at radius 2 is 1.94 bits per heavy atom. The number of hydrogen-bond donors (Lipinski definition) is 0.